The Morgan fingerprint density at radius 3 is 1.40 bits per heavy atom. The maximum absolute atomic E-state index is 10.4. The van der Waals surface area contributed by atoms with Crippen LogP contribution in [-0.2, 0) is 23.9 Å². The summed E-state index contributed by atoms with van der Waals surface area (Å²) in [6.07, 6.45) is 1.02. The molecular formula is C22H34O13. The average Bonchev–Trinajstić information content (AvgIpc) is 2.78. The molecule has 0 radical (unpaired) electrons. The summed E-state index contributed by atoms with van der Waals surface area (Å²) in [4.78, 5) is 50.4. The first-order valence-electron chi connectivity index (χ1n) is 10.4. The van der Waals surface area contributed by atoms with Crippen LogP contribution in [0, 0.1) is 0 Å². The summed E-state index contributed by atoms with van der Waals surface area (Å²) in [7, 11) is 0. The number of hydrogen-bond donors (Lipinski definition) is 6. The Morgan fingerprint density at radius 1 is 0.771 bits per heavy atom. The van der Waals surface area contributed by atoms with Gasteiger partial charge in [-0.05, 0) is 38.0 Å². The van der Waals surface area contributed by atoms with Crippen LogP contribution < -0.4 is 0 Å². The summed E-state index contributed by atoms with van der Waals surface area (Å²) in [5.41, 5.74) is -0.0372. The standard InChI is InChI=1S/C8H6O4.C6H10O4.C4H10O3.C4H8O2/c9-7(10)5-2-1-3-6(4-5)8(11)12;7-5(8)3-1-2-4-6(9)10;5-1-3-7-4-2-6;1-3-6-4(2)5/h1-4H,(H,9,10)(H,11,12);1-4H2,(H,7,8)(H,9,10);5-6H,1-4H2;3H2,1-2H3. The molecule has 0 aliphatic rings. The lowest BCUT2D eigenvalue weighted by Crippen LogP contribution is -2.03. The van der Waals surface area contributed by atoms with Crippen molar-refractivity contribution < 1.29 is 64.1 Å². The maximum Gasteiger partial charge on any atom is 0.335 e. The highest BCUT2D eigenvalue weighted by molar-refractivity contribution is 5.93. The van der Waals surface area contributed by atoms with Crippen LogP contribution in [0.15, 0.2) is 24.3 Å². The van der Waals surface area contributed by atoms with Gasteiger partial charge in [-0.2, -0.15) is 0 Å². The minimum atomic E-state index is -1.13. The number of aliphatic hydroxyl groups is 2. The lowest BCUT2D eigenvalue weighted by molar-refractivity contribution is -0.140. The molecule has 0 fully saturated rings. The van der Waals surface area contributed by atoms with E-state index in [1.54, 1.807) is 6.92 Å². The minimum Gasteiger partial charge on any atom is -0.481 e. The number of carbonyl (C=O) groups excluding carboxylic acids is 1. The molecule has 13 heteroatoms. The molecule has 0 heterocycles. The van der Waals surface area contributed by atoms with E-state index in [0.29, 0.717) is 32.7 Å². The van der Waals surface area contributed by atoms with E-state index >= 15 is 0 Å². The van der Waals surface area contributed by atoms with Gasteiger partial charge in [-0.3, -0.25) is 14.4 Å². The highest BCUT2D eigenvalue weighted by atomic mass is 16.5. The molecular weight excluding hydrogens is 472 g/mol. The van der Waals surface area contributed by atoms with E-state index in [0.717, 1.165) is 6.07 Å². The number of hydrogen-bond acceptors (Lipinski definition) is 9. The highest BCUT2D eigenvalue weighted by Crippen LogP contribution is 2.04. The van der Waals surface area contributed by atoms with Gasteiger partial charge < -0.3 is 40.1 Å². The molecule has 1 rings (SSSR count). The average molecular weight is 507 g/mol. The lowest BCUT2D eigenvalue weighted by Gasteiger charge is -1.95. The summed E-state index contributed by atoms with van der Waals surface area (Å²) < 4.78 is 9.03. The molecule has 0 saturated heterocycles. The first-order valence-corrected chi connectivity index (χ1v) is 10.4. The molecule has 0 bridgehead atoms. The van der Waals surface area contributed by atoms with Gasteiger partial charge in [-0.15, -0.1) is 0 Å². The van der Waals surface area contributed by atoms with Crippen LogP contribution in [0.5, 0.6) is 0 Å². The smallest absolute Gasteiger partial charge is 0.335 e. The molecule has 0 aliphatic carbocycles. The van der Waals surface area contributed by atoms with E-state index in [1.165, 1.54) is 25.1 Å². The van der Waals surface area contributed by atoms with Crippen LogP contribution in [0.1, 0.15) is 60.2 Å². The maximum atomic E-state index is 10.4. The van der Waals surface area contributed by atoms with Gasteiger partial charge in [0.05, 0.1) is 44.2 Å². The first kappa shape index (κ1) is 36.0. The van der Waals surface area contributed by atoms with Crippen molar-refractivity contribution in [2.75, 3.05) is 33.0 Å². The van der Waals surface area contributed by atoms with Crippen molar-refractivity contribution in [3.8, 4) is 0 Å². The summed E-state index contributed by atoms with van der Waals surface area (Å²) in [6, 6.07) is 5.20. The molecule has 0 aliphatic heterocycles. The fourth-order valence-corrected chi connectivity index (χ4v) is 1.77. The Morgan fingerprint density at radius 2 is 1.17 bits per heavy atom. The van der Waals surface area contributed by atoms with Gasteiger partial charge in [-0.25, -0.2) is 9.59 Å². The molecule has 6 N–H and O–H groups in total. The van der Waals surface area contributed by atoms with Crippen LogP contribution in [0.25, 0.3) is 0 Å². The van der Waals surface area contributed by atoms with Gasteiger partial charge in [0.25, 0.3) is 0 Å². The fourth-order valence-electron chi connectivity index (χ4n) is 1.77. The fraction of sp³-hybridized carbons (Fsp3) is 0.500. The van der Waals surface area contributed by atoms with Crippen molar-refractivity contribution in [2.45, 2.75) is 39.5 Å². The minimum absolute atomic E-state index is 0.0186. The van der Waals surface area contributed by atoms with Crippen molar-refractivity contribution in [2.24, 2.45) is 0 Å². The molecule has 0 spiro atoms. The van der Waals surface area contributed by atoms with E-state index < -0.39 is 23.9 Å². The first-order chi connectivity index (χ1) is 16.4. The molecule has 0 aromatic heterocycles. The third kappa shape index (κ3) is 30.5. The van der Waals surface area contributed by atoms with Crippen molar-refractivity contribution in [1.82, 2.24) is 0 Å². The Bertz CT molecular complexity index is 697. The normalized spacial score (nSPS) is 9.03. The predicted octanol–water partition coefficient (Wildman–Crippen LogP) is 1.36. The number of esters is 1. The monoisotopic (exact) mass is 506 g/mol. The molecule has 35 heavy (non-hydrogen) atoms. The molecule has 1 aromatic rings. The topological polar surface area (TPSA) is 225 Å². The summed E-state index contributed by atoms with van der Waals surface area (Å²) in [5.74, 6) is -4.20. The number of aliphatic hydroxyl groups excluding tert-OH is 2. The van der Waals surface area contributed by atoms with Crippen molar-refractivity contribution in [3.63, 3.8) is 0 Å². The molecule has 0 amide bonds. The number of rotatable bonds is 12. The van der Waals surface area contributed by atoms with E-state index in [-0.39, 0.29) is 43.2 Å². The number of aliphatic carboxylic acids is 2. The van der Waals surface area contributed by atoms with Gasteiger partial charge >= 0.3 is 29.8 Å². The Kier molecular flexibility index (Phi) is 25.8. The molecule has 1 aromatic carbocycles. The number of aromatic carboxylic acids is 2. The molecule has 0 unspecified atom stereocenters. The van der Waals surface area contributed by atoms with Gasteiger partial charge in [-0.1, -0.05) is 6.07 Å². The van der Waals surface area contributed by atoms with Gasteiger partial charge in [0.2, 0.25) is 0 Å². The largest absolute Gasteiger partial charge is 0.481 e. The molecule has 0 atom stereocenters. The van der Waals surface area contributed by atoms with E-state index in [2.05, 4.69) is 9.47 Å². The van der Waals surface area contributed by atoms with E-state index in [9.17, 15) is 24.0 Å². The number of unbranched alkanes of at least 4 members (excludes halogenated alkanes) is 1. The third-order valence-electron chi connectivity index (χ3n) is 3.21. The van der Waals surface area contributed by atoms with Crippen molar-refractivity contribution in [3.05, 3.63) is 35.4 Å². The number of carboxylic acid groups (broad SMARTS) is 4. The van der Waals surface area contributed by atoms with Crippen LogP contribution in [0.3, 0.4) is 0 Å². The Balaban J connectivity index is -0.000000406. The molecule has 0 saturated carbocycles. The van der Waals surface area contributed by atoms with Gasteiger partial charge in [0.1, 0.15) is 0 Å². The lowest BCUT2D eigenvalue weighted by atomic mass is 10.1. The number of carboxylic acids is 4. The van der Waals surface area contributed by atoms with E-state index in [1.807, 2.05) is 0 Å². The van der Waals surface area contributed by atoms with Crippen molar-refractivity contribution in [1.29, 1.82) is 0 Å². The summed E-state index contributed by atoms with van der Waals surface area (Å²) in [5, 5.41) is 49.4. The zero-order valence-electron chi connectivity index (χ0n) is 19.7. The Labute approximate surface area is 202 Å². The SMILES string of the molecule is CCOC(C)=O.O=C(O)CCCCC(=O)O.O=C(O)c1cccc(C(=O)O)c1.OCCOCCO. The quantitative estimate of drug-likeness (QED) is 0.174. The highest BCUT2D eigenvalue weighted by Gasteiger charge is 2.06. The summed E-state index contributed by atoms with van der Waals surface area (Å²) >= 11 is 0. The zero-order chi connectivity index (χ0) is 27.6. The van der Waals surface area contributed by atoms with Gasteiger partial charge in [0, 0.05) is 19.8 Å². The second-order valence-electron chi connectivity index (χ2n) is 6.17. The second kappa shape index (κ2) is 25.1. The van der Waals surface area contributed by atoms with E-state index in [4.69, 9.17) is 30.6 Å². The Hall–Kier alpha value is -3.55. The zero-order valence-corrected chi connectivity index (χ0v) is 19.7. The second-order valence-corrected chi connectivity index (χ2v) is 6.17. The molecule has 200 valence electrons. The van der Waals surface area contributed by atoms with Crippen LogP contribution in [-0.4, -0.2) is 93.5 Å². The molecule has 13 nitrogen and oxygen atoms in total. The summed E-state index contributed by atoms with van der Waals surface area (Å²) in [6.45, 7) is 4.35. The van der Waals surface area contributed by atoms with Crippen LogP contribution in [0.4, 0.5) is 0 Å². The van der Waals surface area contributed by atoms with Crippen molar-refractivity contribution >= 4 is 29.8 Å². The predicted molar refractivity (Wildman–Crippen MR) is 121 cm³/mol. The van der Waals surface area contributed by atoms with Gasteiger partial charge in [0.15, 0.2) is 0 Å². The number of carbonyl (C=O) groups is 5. The number of benzene rings is 1. The third-order valence-corrected chi connectivity index (χ3v) is 3.21. The van der Waals surface area contributed by atoms with Crippen LogP contribution >= 0.6 is 0 Å². The van der Waals surface area contributed by atoms with Crippen LogP contribution in [0.2, 0.25) is 0 Å². The number of ether oxygens (including phenoxy) is 2.